The molecule has 0 saturated carbocycles. The third-order valence-corrected chi connectivity index (χ3v) is 3.47. The first-order valence-corrected chi connectivity index (χ1v) is 6.35. The Hall–Kier alpha value is -1.42. The van der Waals surface area contributed by atoms with E-state index in [1.807, 2.05) is 13.8 Å². The molecule has 0 aliphatic heterocycles. The second-order valence-electron chi connectivity index (χ2n) is 4.40. The topological polar surface area (TPSA) is 29.1 Å². The zero-order valence-electron chi connectivity index (χ0n) is 9.79. The molecule has 0 aliphatic carbocycles. The molecule has 1 aromatic heterocycles. The summed E-state index contributed by atoms with van der Waals surface area (Å²) in [6, 6.07) is 6.36. The average molecular weight is 251 g/mol. The van der Waals surface area contributed by atoms with Gasteiger partial charge in [0.25, 0.3) is 5.91 Å². The van der Waals surface area contributed by atoms with Crippen LogP contribution in [0, 0.1) is 11.7 Å². The molecule has 4 heteroatoms. The Labute approximate surface area is 103 Å². The molecule has 1 heterocycles. The highest BCUT2D eigenvalue weighted by atomic mass is 32.1. The van der Waals surface area contributed by atoms with Crippen LogP contribution >= 0.6 is 11.3 Å². The molecular formula is C13H14FNOS. The lowest BCUT2D eigenvalue weighted by Crippen LogP contribution is -2.26. The van der Waals surface area contributed by atoms with Gasteiger partial charge in [-0.2, -0.15) is 0 Å². The fourth-order valence-electron chi connectivity index (χ4n) is 1.50. The van der Waals surface area contributed by atoms with Crippen molar-refractivity contribution >= 4 is 27.3 Å². The third kappa shape index (κ3) is 2.82. The fraction of sp³-hybridized carbons (Fsp3) is 0.308. The Morgan fingerprint density at radius 3 is 2.88 bits per heavy atom. The number of hydrogen-bond donors (Lipinski definition) is 1. The number of rotatable bonds is 3. The number of fused-ring (bicyclic) bond motifs is 1. The summed E-state index contributed by atoms with van der Waals surface area (Å²) in [4.78, 5) is 12.4. The van der Waals surface area contributed by atoms with E-state index in [0.717, 1.165) is 10.1 Å². The van der Waals surface area contributed by atoms with Crippen LogP contribution in [0.1, 0.15) is 23.5 Å². The van der Waals surface area contributed by atoms with E-state index in [1.54, 1.807) is 12.1 Å². The first-order valence-electron chi connectivity index (χ1n) is 5.53. The zero-order chi connectivity index (χ0) is 12.4. The van der Waals surface area contributed by atoms with E-state index in [4.69, 9.17) is 0 Å². The monoisotopic (exact) mass is 251 g/mol. The van der Waals surface area contributed by atoms with Gasteiger partial charge in [0.15, 0.2) is 0 Å². The van der Waals surface area contributed by atoms with Crippen LogP contribution in [0.4, 0.5) is 4.39 Å². The summed E-state index contributed by atoms with van der Waals surface area (Å²) < 4.78 is 13.8. The minimum absolute atomic E-state index is 0.0830. The number of halogens is 1. The SMILES string of the molecule is CC(C)CNC(=O)c1cc2ccc(F)cc2s1. The molecule has 0 unspecified atom stereocenters. The van der Waals surface area contributed by atoms with E-state index >= 15 is 0 Å². The number of thiophene rings is 1. The van der Waals surface area contributed by atoms with E-state index < -0.39 is 0 Å². The minimum atomic E-state index is -0.270. The van der Waals surface area contributed by atoms with Gasteiger partial charge in [-0.1, -0.05) is 19.9 Å². The van der Waals surface area contributed by atoms with Crippen LogP contribution in [0.2, 0.25) is 0 Å². The van der Waals surface area contributed by atoms with Gasteiger partial charge in [-0.3, -0.25) is 4.79 Å². The van der Waals surface area contributed by atoms with Crippen molar-refractivity contribution in [2.45, 2.75) is 13.8 Å². The predicted molar refractivity (Wildman–Crippen MR) is 69.0 cm³/mol. The molecule has 1 N–H and O–H groups in total. The highest BCUT2D eigenvalue weighted by molar-refractivity contribution is 7.20. The molecule has 1 amide bonds. The Bertz CT molecular complexity index is 547. The molecule has 0 atom stereocenters. The van der Waals surface area contributed by atoms with Gasteiger partial charge in [-0.05, 0) is 29.5 Å². The standard InChI is InChI=1S/C13H14FNOS/c1-8(2)7-15-13(16)12-5-9-3-4-10(14)6-11(9)17-12/h3-6,8H,7H2,1-2H3,(H,15,16). The van der Waals surface area contributed by atoms with Crippen LogP contribution in [0.5, 0.6) is 0 Å². The number of carbonyl (C=O) groups excluding carboxylic acids is 1. The van der Waals surface area contributed by atoms with Crippen molar-refractivity contribution < 1.29 is 9.18 Å². The Morgan fingerprint density at radius 2 is 2.18 bits per heavy atom. The summed E-state index contributed by atoms with van der Waals surface area (Å²) in [5, 5.41) is 3.76. The molecule has 17 heavy (non-hydrogen) atoms. The number of hydrogen-bond acceptors (Lipinski definition) is 2. The van der Waals surface area contributed by atoms with Crippen LogP contribution < -0.4 is 5.32 Å². The maximum atomic E-state index is 13.0. The maximum absolute atomic E-state index is 13.0. The van der Waals surface area contributed by atoms with Gasteiger partial charge in [0, 0.05) is 11.2 Å². The summed E-state index contributed by atoms with van der Waals surface area (Å²) in [6.07, 6.45) is 0. The van der Waals surface area contributed by atoms with Crippen molar-refractivity contribution in [1.29, 1.82) is 0 Å². The van der Waals surface area contributed by atoms with Crippen molar-refractivity contribution in [3.8, 4) is 0 Å². The summed E-state index contributed by atoms with van der Waals surface area (Å²) in [6.45, 7) is 4.74. The number of amides is 1. The van der Waals surface area contributed by atoms with Crippen LogP contribution in [0.3, 0.4) is 0 Å². The Morgan fingerprint density at radius 1 is 1.41 bits per heavy atom. The molecule has 2 aromatic rings. The zero-order valence-corrected chi connectivity index (χ0v) is 10.6. The smallest absolute Gasteiger partial charge is 0.261 e. The largest absolute Gasteiger partial charge is 0.351 e. The van der Waals surface area contributed by atoms with Crippen molar-refractivity contribution in [2.24, 2.45) is 5.92 Å². The lowest BCUT2D eigenvalue weighted by molar-refractivity contribution is 0.0953. The second kappa shape index (κ2) is 4.84. The third-order valence-electron chi connectivity index (χ3n) is 2.38. The van der Waals surface area contributed by atoms with Crippen molar-refractivity contribution in [3.63, 3.8) is 0 Å². The summed E-state index contributed by atoms with van der Waals surface area (Å²) in [5.41, 5.74) is 0. The molecule has 0 spiro atoms. The summed E-state index contributed by atoms with van der Waals surface area (Å²) in [7, 11) is 0. The maximum Gasteiger partial charge on any atom is 0.261 e. The van der Waals surface area contributed by atoms with E-state index in [-0.39, 0.29) is 11.7 Å². The molecule has 2 rings (SSSR count). The Kier molecular flexibility index (Phi) is 3.43. The summed E-state index contributed by atoms with van der Waals surface area (Å²) >= 11 is 1.32. The van der Waals surface area contributed by atoms with Gasteiger partial charge in [0.1, 0.15) is 5.82 Å². The van der Waals surface area contributed by atoms with Gasteiger partial charge < -0.3 is 5.32 Å². The molecule has 90 valence electrons. The number of nitrogens with one attached hydrogen (secondary N) is 1. The van der Waals surface area contributed by atoms with E-state index in [2.05, 4.69) is 5.32 Å². The first kappa shape index (κ1) is 12.0. The quantitative estimate of drug-likeness (QED) is 0.889. The van der Waals surface area contributed by atoms with Crippen LogP contribution in [0.15, 0.2) is 24.3 Å². The molecular weight excluding hydrogens is 237 g/mol. The lowest BCUT2D eigenvalue weighted by Gasteiger charge is -2.05. The van der Waals surface area contributed by atoms with Gasteiger partial charge in [0.05, 0.1) is 4.88 Å². The lowest BCUT2D eigenvalue weighted by atomic mass is 10.2. The van der Waals surface area contributed by atoms with E-state index in [9.17, 15) is 9.18 Å². The van der Waals surface area contributed by atoms with Gasteiger partial charge in [-0.25, -0.2) is 4.39 Å². The van der Waals surface area contributed by atoms with Gasteiger partial charge in [-0.15, -0.1) is 11.3 Å². The van der Waals surface area contributed by atoms with Crippen LogP contribution in [0.25, 0.3) is 10.1 Å². The molecule has 0 aliphatic rings. The van der Waals surface area contributed by atoms with Crippen molar-refractivity contribution in [2.75, 3.05) is 6.54 Å². The molecule has 0 saturated heterocycles. The molecule has 2 nitrogen and oxygen atoms in total. The average Bonchev–Trinajstić information content (AvgIpc) is 2.68. The van der Waals surface area contributed by atoms with Crippen LogP contribution in [-0.4, -0.2) is 12.5 Å². The van der Waals surface area contributed by atoms with Crippen molar-refractivity contribution in [1.82, 2.24) is 5.32 Å². The van der Waals surface area contributed by atoms with Gasteiger partial charge >= 0.3 is 0 Å². The second-order valence-corrected chi connectivity index (χ2v) is 5.48. The van der Waals surface area contributed by atoms with E-state index in [0.29, 0.717) is 17.3 Å². The molecule has 0 bridgehead atoms. The summed E-state index contributed by atoms with van der Waals surface area (Å²) in [5.74, 6) is 0.0690. The fourth-order valence-corrected chi connectivity index (χ4v) is 2.50. The number of benzene rings is 1. The molecule has 1 aromatic carbocycles. The first-order chi connectivity index (χ1) is 8.06. The van der Waals surface area contributed by atoms with E-state index in [1.165, 1.54) is 23.5 Å². The Balaban J connectivity index is 2.21. The van der Waals surface area contributed by atoms with Gasteiger partial charge in [0.2, 0.25) is 0 Å². The highest BCUT2D eigenvalue weighted by Crippen LogP contribution is 2.26. The minimum Gasteiger partial charge on any atom is -0.351 e. The van der Waals surface area contributed by atoms with Crippen molar-refractivity contribution in [3.05, 3.63) is 35.0 Å². The highest BCUT2D eigenvalue weighted by Gasteiger charge is 2.10. The van der Waals surface area contributed by atoms with Crippen LogP contribution in [-0.2, 0) is 0 Å². The normalized spacial score (nSPS) is 11.1. The molecule has 0 radical (unpaired) electrons. The number of carbonyl (C=O) groups is 1. The predicted octanol–water partition coefficient (Wildman–Crippen LogP) is 3.43. The molecule has 0 fully saturated rings.